The third kappa shape index (κ3) is 13.3. The molecule has 0 aliphatic carbocycles. The van der Waals surface area contributed by atoms with Gasteiger partial charge >= 0.3 is 0 Å². The van der Waals surface area contributed by atoms with Gasteiger partial charge in [0, 0.05) is 52.3 Å². The fraction of sp³-hybridized carbons (Fsp3) is 0.941. The summed E-state index contributed by atoms with van der Waals surface area (Å²) < 4.78 is 38.4. The van der Waals surface area contributed by atoms with Crippen molar-refractivity contribution in [3.05, 3.63) is 0 Å². The maximum absolute atomic E-state index is 11.0. The summed E-state index contributed by atoms with van der Waals surface area (Å²) in [4.78, 5) is 4.50. The van der Waals surface area contributed by atoms with Crippen LogP contribution in [0, 0.1) is 5.92 Å². The molecule has 0 unspecified atom stereocenters. The molecule has 9 heteroatoms. The van der Waals surface area contributed by atoms with Gasteiger partial charge in [-0.2, -0.15) is 0 Å². The smallest absolute Gasteiger partial charge is 0.191 e. The molecule has 154 valence electrons. The molecule has 1 saturated heterocycles. The molecule has 0 saturated carbocycles. The fourth-order valence-electron chi connectivity index (χ4n) is 2.42. The minimum Gasteiger partial charge on any atom is -0.381 e. The summed E-state index contributed by atoms with van der Waals surface area (Å²) in [6, 6.07) is 0. The summed E-state index contributed by atoms with van der Waals surface area (Å²) in [6.45, 7) is 7.96. The molecular formula is C17H35N3O5S. The lowest BCUT2D eigenvalue weighted by molar-refractivity contribution is 0.0205. The first-order chi connectivity index (χ1) is 12.5. The molecule has 0 atom stereocenters. The van der Waals surface area contributed by atoms with E-state index in [1.165, 1.54) is 6.26 Å². The standard InChI is InChI=1S/C17H35N3O5S/c1-3-18-17(20-8-12-24-13-14-26(2,21)22)19-7-4-9-25-15-16-5-10-23-11-6-16/h16H,3-15H2,1-2H3,(H2,18,19,20). The molecule has 1 aliphatic heterocycles. The Kier molecular flexibility index (Phi) is 12.6. The normalized spacial score (nSPS) is 16.6. The average Bonchev–Trinajstić information content (AvgIpc) is 2.60. The van der Waals surface area contributed by atoms with Crippen molar-refractivity contribution in [3.8, 4) is 0 Å². The van der Waals surface area contributed by atoms with Crippen LogP contribution < -0.4 is 10.6 Å². The first-order valence-corrected chi connectivity index (χ1v) is 11.5. The van der Waals surface area contributed by atoms with Crippen LogP contribution in [-0.2, 0) is 24.0 Å². The van der Waals surface area contributed by atoms with Crippen LogP contribution >= 0.6 is 0 Å². The van der Waals surface area contributed by atoms with Gasteiger partial charge in [0.2, 0.25) is 0 Å². The zero-order valence-electron chi connectivity index (χ0n) is 16.2. The van der Waals surface area contributed by atoms with Crippen molar-refractivity contribution in [1.29, 1.82) is 0 Å². The number of ether oxygens (including phenoxy) is 3. The Morgan fingerprint density at radius 1 is 1.15 bits per heavy atom. The summed E-state index contributed by atoms with van der Waals surface area (Å²) in [5, 5.41) is 6.34. The SMILES string of the molecule is CCNC(=NCCCOCC1CCOCC1)NCCOCCS(C)(=O)=O. The molecule has 0 amide bonds. The second kappa shape index (κ2) is 14.2. The van der Waals surface area contributed by atoms with Gasteiger partial charge in [0.15, 0.2) is 5.96 Å². The first kappa shape index (κ1) is 23.1. The molecule has 0 aromatic carbocycles. The predicted molar refractivity (Wildman–Crippen MR) is 103 cm³/mol. The van der Waals surface area contributed by atoms with Gasteiger partial charge in [-0.3, -0.25) is 4.99 Å². The Morgan fingerprint density at radius 2 is 1.92 bits per heavy atom. The van der Waals surface area contributed by atoms with Crippen LogP contribution in [0.15, 0.2) is 4.99 Å². The van der Waals surface area contributed by atoms with E-state index in [9.17, 15) is 8.42 Å². The van der Waals surface area contributed by atoms with Crippen LogP contribution in [0.1, 0.15) is 26.2 Å². The van der Waals surface area contributed by atoms with E-state index in [2.05, 4.69) is 15.6 Å². The average molecular weight is 394 g/mol. The van der Waals surface area contributed by atoms with Crippen LogP contribution in [0.25, 0.3) is 0 Å². The topological polar surface area (TPSA) is 98.2 Å². The molecule has 0 spiro atoms. The van der Waals surface area contributed by atoms with Crippen LogP contribution in [-0.4, -0.2) is 85.7 Å². The molecule has 1 aliphatic rings. The Bertz CT molecular complexity index is 479. The number of guanidine groups is 1. The maximum Gasteiger partial charge on any atom is 0.191 e. The van der Waals surface area contributed by atoms with Crippen LogP contribution in [0.5, 0.6) is 0 Å². The Morgan fingerprint density at radius 3 is 2.62 bits per heavy atom. The third-order valence-corrected chi connectivity index (χ3v) is 4.80. The second-order valence-electron chi connectivity index (χ2n) is 6.41. The van der Waals surface area contributed by atoms with E-state index in [1.54, 1.807) is 0 Å². The van der Waals surface area contributed by atoms with Crippen molar-refractivity contribution in [2.24, 2.45) is 10.9 Å². The molecule has 0 aromatic rings. The number of aliphatic imine (C=N–C) groups is 1. The summed E-state index contributed by atoms with van der Waals surface area (Å²) in [5.41, 5.74) is 0. The van der Waals surface area contributed by atoms with E-state index in [0.29, 0.717) is 25.6 Å². The van der Waals surface area contributed by atoms with Gasteiger partial charge in [-0.1, -0.05) is 0 Å². The molecule has 8 nitrogen and oxygen atoms in total. The van der Waals surface area contributed by atoms with Gasteiger partial charge in [-0.15, -0.1) is 0 Å². The lowest BCUT2D eigenvalue weighted by Gasteiger charge is -2.21. The molecule has 0 bridgehead atoms. The van der Waals surface area contributed by atoms with Gasteiger partial charge in [-0.25, -0.2) is 8.42 Å². The van der Waals surface area contributed by atoms with Crippen molar-refractivity contribution < 1.29 is 22.6 Å². The predicted octanol–water partition coefficient (Wildman–Crippen LogP) is 0.436. The highest BCUT2D eigenvalue weighted by Crippen LogP contribution is 2.14. The quantitative estimate of drug-likeness (QED) is 0.266. The van der Waals surface area contributed by atoms with E-state index in [1.807, 2.05) is 6.92 Å². The Balaban J connectivity index is 2.06. The van der Waals surface area contributed by atoms with Gasteiger partial charge < -0.3 is 24.8 Å². The third-order valence-electron chi connectivity index (χ3n) is 3.89. The van der Waals surface area contributed by atoms with Crippen LogP contribution in [0.3, 0.4) is 0 Å². The molecule has 0 aromatic heterocycles. The highest BCUT2D eigenvalue weighted by molar-refractivity contribution is 7.90. The fourth-order valence-corrected chi connectivity index (χ4v) is 2.84. The second-order valence-corrected chi connectivity index (χ2v) is 8.67. The van der Waals surface area contributed by atoms with E-state index in [4.69, 9.17) is 14.2 Å². The number of sulfone groups is 1. The molecular weight excluding hydrogens is 358 g/mol. The van der Waals surface area contributed by atoms with Crippen molar-refractivity contribution in [2.75, 3.05) is 71.3 Å². The van der Waals surface area contributed by atoms with Gasteiger partial charge in [-0.05, 0) is 32.1 Å². The summed E-state index contributed by atoms with van der Waals surface area (Å²) >= 11 is 0. The summed E-state index contributed by atoms with van der Waals surface area (Å²) in [7, 11) is -2.96. The summed E-state index contributed by atoms with van der Waals surface area (Å²) in [6.07, 6.45) is 4.28. The zero-order valence-corrected chi connectivity index (χ0v) is 17.0. The maximum atomic E-state index is 11.0. The lowest BCUT2D eigenvalue weighted by atomic mass is 10.0. The zero-order chi connectivity index (χ0) is 19.1. The van der Waals surface area contributed by atoms with Gasteiger partial charge in [0.1, 0.15) is 9.84 Å². The molecule has 0 radical (unpaired) electrons. The lowest BCUT2D eigenvalue weighted by Crippen LogP contribution is -2.39. The largest absolute Gasteiger partial charge is 0.381 e. The Hall–Kier alpha value is -0.900. The number of nitrogens with zero attached hydrogens (tertiary/aromatic N) is 1. The minimum atomic E-state index is -2.96. The first-order valence-electron chi connectivity index (χ1n) is 9.44. The molecule has 2 N–H and O–H groups in total. The highest BCUT2D eigenvalue weighted by atomic mass is 32.2. The minimum absolute atomic E-state index is 0.0506. The number of nitrogens with one attached hydrogen (secondary N) is 2. The van der Waals surface area contributed by atoms with Gasteiger partial charge in [0.25, 0.3) is 0 Å². The van der Waals surface area contributed by atoms with Gasteiger partial charge in [0.05, 0.1) is 19.0 Å². The molecule has 26 heavy (non-hydrogen) atoms. The van der Waals surface area contributed by atoms with Crippen molar-refractivity contribution in [1.82, 2.24) is 10.6 Å². The molecule has 1 fully saturated rings. The van der Waals surface area contributed by atoms with Crippen LogP contribution in [0.2, 0.25) is 0 Å². The van der Waals surface area contributed by atoms with Crippen molar-refractivity contribution >= 4 is 15.8 Å². The summed E-state index contributed by atoms with van der Waals surface area (Å²) in [5.74, 6) is 1.42. The highest BCUT2D eigenvalue weighted by Gasteiger charge is 2.13. The van der Waals surface area contributed by atoms with Crippen molar-refractivity contribution in [3.63, 3.8) is 0 Å². The van der Waals surface area contributed by atoms with Crippen molar-refractivity contribution in [2.45, 2.75) is 26.2 Å². The van der Waals surface area contributed by atoms with E-state index in [-0.39, 0.29) is 12.4 Å². The van der Waals surface area contributed by atoms with E-state index >= 15 is 0 Å². The monoisotopic (exact) mass is 393 g/mol. The molecule has 1 rings (SSSR count). The van der Waals surface area contributed by atoms with E-state index < -0.39 is 9.84 Å². The number of hydrogen-bond donors (Lipinski definition) is 2. The number of rotatable bonds is 13. The van der Waals surface area contributed by atoms with E-state index in [0.717, 1.165) is 58.2 Å². The number of hydrogen-bond acceptors (Lipinski definition) is 6. The molecule has 1 heterocycles. The van der Waals surface area contributed by atoms with Crippen LogP contribution in [0.4, 0.5) is 0 Å². The Labute approximate surface area is 158 Å².